The van der Waals surface area contributed by atoms with Crippen LogP contribution in [0.15, 0.2) is 17.5 Å². The first-order valence-corrected chi connectivity index (χ1v) is 4.58. The van der Waals surface area contributed by atoms with Gasteiger partial charge in [0.25, 0.3) is 0 Å². The molecule has 0 amide bonds. The molecule has 1 unspecified atom stereocenters. The molecule has 2 N–H and O–H groups in total. The molecule has 1 atom stereocenters. The molecular formula is C8H13NOS. The highest BCUT2D eigenvalue weighted by Crippen LogP contribution is 2.11. The Balaban J connectivity index is 2.23. The highest BCUT2D eigenvalue weighted by atomic mass is 32.1. The lowest BCUT2D eigenvalue weighted by Crippen LogP contribution is -2.24. The quantitative estimate of drug-likeness (QED) is 0.668. The van der Waals surface area contributed by atoms with E-state index >= 15 is 0 Å². The van der Waals surface area contributed by atoms with Crippen LogP contribution in [0.1, 0.15) is 11.3 Å². The van der Waals surface area contributed by atoms with Crippen LogP contribution in [-0.2, 0) is 6.42 Å². The minimum atomic E-state index is -0.364. The summed E-state index contributed by atoms with van der Waals surface area (Å²) in [5, 5.41) is 14.0. The average Bonchev–Trinajstić information content (AvgIpc) is 2.52. The predicted molar refractivity (Wildman–Crippen MR) is 47.7 cm³/mol. The van der Waals surface area contributed by atoms with Crippen LogP contribution >= 0.6 is 11.3 Å². The maximum Gasteiger partial charge on any atom is 0.105 e. The lowest BCUT2D eigenvalue weighted by atomic mass is 10.2. The minimum Gasteiger partial charge on any atom is -0.379 e. The van der Waals surface area contributed by atoms with Crippen LogP contribution in [0, 0.1) is 0 Å². The Kier molecular flexibility index (Phi) is 3.56. The maximum atomic E-state index is 9.15. The van der Waals surface area contributed by atoms with E-state index in [2.05, 4.69) is 16.8 Å². The Morgan fingerprint density at radius 1 is 1.73 bits per heavy atom. The molecular weight excluding hydrogens is 158 g/mol. The molecule has 1 heterocycles. The molecule has 0 aliphatic heterocycles. The SMILES string of the molecule is CNC(O)CCc1cccs1. The largest absolute Gasteiger partial charge is 0.379 e. The highest BCUT2D eigenvalue weighted by molar-refractivity contribution is 7.09. The molecule has 0 saturated carbocycles. The molecule has 1 aromatic heterocycles. The summed E-state index contributed by atoms with van der Waals surface area (Å²) >= 11 is 1.74. The fraction of sp³-hybridized carbons (Fsp3) is 0.500. The minimum absolute atomic E-state index is 0.364. The van der Waals surface area contributed by atoms with Crippen molar-refractivity contribution in [2.45, 2.75) is 19.1 Å². The van der Waals surface area contributed by atoms with E-state index < -0.39 is 0 Å². The van der Waals surface area contributed by atoms with Gasteiger partial charge in [-0.25, -0.2) is 0 Å². The van der Waals surface area contributed by atoms with Crippen molar-refractivity contribution in [1.82, 2.24) is 5.32 Å². The van der Waals surface area contributed by atoms with Crippen molar-refractivity contribution in [2.75, 3.05) is 7.05 Å². The maximum absolute atomic E-state index is 9.15. The zero-order valence-electron chi connectivity index (χ0n) is 6.58. The molecule has 0 saturated heterocycles. The Bertz CT molecular complexity index is 186. The van der Waals surface area contributed by atoms with Gasteiger partial charge in [0.15, 0.2) is 0 Å². The van der Waals surface area contributed by atoms with Gasteiger partial charge in [0, 0.05) is 4.88 Å². The second-order valence-electron chi connectivity index (χ2n) is 2.42. The molecule has 0 radical (unpaired) electrons. The van der Waals surface area contributed by atoms with Gasteiger partial charge in [-0.2, -0.15) is 0 Å². The molecule has 1 rings (SSSR count). The molecule has 11 heavy (non-hydrogen) atoms. The first-order valence-electron chi connectivity index (χ1n) is 3.70. The second-order valence-corrected chi connectivity index (χ2v) is 3.45. The topological polar surface area (TPSA) is 32.3 Å². The molecule has 0 spiro atoms. The Morgan fingerprint density at radius 2 is 2.55 bits per heavy atom. The first-order chi connectivity index (χ1) is 5.33. The van der Waals surface area contributed by atoms with Crippen molar-refractivity contribution >= 4 is 11.3 Å². The number of hydrogen-bond acceptors (Lipinski definition) is 3. The van der Waals surface area contributed by atoms with E-state index in [9.17, 15) is 0 Å². The van der Waals surface area contributed by atoms with Gasteiger partial charge < -0.3 is 5.11 Å². The summed E-state index contributed by atoms with van der Waals surface area (Å²) in [4.78, 5) is 1.33. The summed E-state index contributed by atoms with van der Waals surface area (Å²) in [6, 6.07) is 4.12. The fourth-order valence-corrected chi connectivity index (χ4v) is 1.60. The Labute approximate surface area is 70.9 Å². The number of aryl methyl sites for hydroxylation is 1. The number of rotatable bonds is 4. The van der Waals surface area contributed by atoms with E-state index in [1.54, 1.807) is 18.4 Å². The number of aliphatic hydroxyl groups is 1. The van der Waals surface area contributed by atoms with Crippen LogP contribution < -0.4 is 5.32 Å². The molecule has 0 aliphatic carbocycles. The molecule has 62 valence electrons. The normalized spacial score (nSPS) is 13.3. The Morgan fingerprint density at radius 3 is 3.09 bits per heavy atom. The smallest absolute Gasteiger partial charge is 0.105 e. The third-order valence-corrected chi connectivity index (χ3v) is 2.51. The van der Waals surface area contributed by atoms with E-state index in [4.69, 9.17) is 5.11 Å². The van der Waals surface area contributed by atoms with Crippen LogP contribution in [0.5, 0.6) is 0 Å². The predicted octanol–water partition coefficient (Wildman–Crippen LogP) is 1.22. The highest BCUT2D eigenvalue weighted by Gasteiger charge is 2.00. The number of nitrogens with one attached hydrogen (secondary N) is 1. The summed E-state index contributed by atoms with van der Waals surface area (Å²) in [7, 11) is 1.76. The molecule has 1 aromatic rings. The van der Waals surface area contributed by atoms with E-state index in [0.717, 1.165) is 12.8 Å². The van der Waals surface area contributed by atoms with Gasteiger partial charge in [-0.15, -0.1) is 11.3 Å². The molecule has 0 fully saturated rings. The lowest BCUT2D eigenvalue weighted by Gasteiger charge is -2.06. The van der Waals surface area contributed by atoms with Crippen LogP contribution in [-0.4, -0.2) is 18.4 Å². The van der Waals surface area contributed by atoms with Gasteiger partial charge in [-0.1, -0.05) is 6.07 Å². The van der Waals surface area contributed by atoms with E-state index in [1.165, 1.54) is 4.88 Å². The van der Waals surface area contributed by atoms with Crippen molar-refractivity contribution < 1.29 is 5.11 Å². The van der Waals surface area contributed by atoms with Crippen molar-refractivity contribution in [1.29, 1.82) is 0 Å². The van der Waals surface area contributed by atoms with E-state index in [-0.39, 0.29) is 6.23 Å². The van der Waals surface area contributed by atoms with Crippen LogP contribution in [0.4, 0.5) is 0 Å². The van der Waals surface area contributed by atoms with Crippen molar-refractivity contribution in [3.05, 3.63) is 22.4 Å². The monoisotopic (exact) mass is 171 g/mol. The number of thiophene rings is 1. The molecule has 0 aromatic carbocycles. The first kappa shape index (κ1) is 8.71. The average molecular weight is 171 g/mol. The standard InChI is InChI=1S/C8H13NOS/c1-9-8(10)5-4-7-3-2-6-11-7/h2-3,6,8-10H,4-5H2,1H3. The zero-order valence-corrected chi connectivity index (χ0v) is 7.40. The Hall–Kier alpha value is -0.380. The lowest BCUT2D eigenvalue weighted by molar-refractivity contribution is 0.138. The van der Waals surface area contributed by atoms with Crippen molar-refractivity contribution in [3.63, 3.8) is 0 Å². The van der Waals surface area contributed by atoms with Crippen molar-refractivity contribution in [2.24, 2.45) is 0 Å². The summed E-state index contributed by atoms with van der Waals surface area (Å²) in [6.07, 6.45) is 1.38. The van der Waals surface area contributed by atoms with Gasteiger partial charge >= 0.3 is 0 Å². The van der Waals surface area contributed by atoms with Crippen LogP contribution in [0.3, 0.4) is 0 Å². The summed E-state index contributed by atoms with van der Waals surface area (Å²) in [5.74, 6) is 0. The number of hydrogen-bond donors (Lipinski definition) is 2. The molecule has 0 aliphatic rings. The summed E-state index contributed by atoms with van der Waals surface area (Å²) in [6.45, 7) is 0. The van der Waals surface area contributed by atoms with E-state index in [1.807, 2.05) is 6.07 Å². The fourth-order valence-electron chi connectivity index (χ4n) is 0.878. The van der Waals surface area contributed by atoms with Crippen molar-refractivity contribution in [3.8, 4) is 0 Å². The molecule has 2 nitrogen and oxygen atoms in total. The summed E-state index contributed by atoms with van der Waals surface area (Å²) in [5.41, 5.74) is 0. The van der Waals surface area contributed by atoms with Crippen LogP contribution in [0.25, 0.3) is 0 Å². The van der Waals surface area contributed by atoms with Gasteiger partial charge in [0.2, 0.25) is 0 Å². The zero-order chi connectivity index (χ0) is 8.10. The summed E-state index contributed by atoms with van der Waals surface area (Å²) < 4.78 is 0. The molecule has 3 heteroatoms. The van der Waals surface area contributed by atoms with Gasteiger partial charge in [0.05, 0.1) is 0 Å². The van der Waals surface area contributed by atoms with Gasteiger partial charge in [-0.3, -0.25) is 5.32 Å². The molecule has 0 bridgehead atoms. The number of aliphatic hydroxyl groups excluding tert-OH is 1. The van der Waals surface area contributed by atoms with Gasteiger partial charge in [-0.05, 0) is 31.3 Å². The third-order valence-electron chi connectivity index (χ3n) is 1.58. The van der Waals surface area contributed by atoms with Crippen LogP contribution in [0.2, 0.25) is 0 Å². The second kappa shape index (κ2) is 4.49. The third kappa shape index (κ3) is 3.01. The van der Waals surface area contributed by atoms with E-state index in [0.29, 0.717) is 0 Å². The van der Waals surface area contributed by atoms with Gasteiger partial charge in [0.1, 0.15) is 6.23 Å².